The fraction of sp³-hybridized carbons (Fsp3) is 0.300. The van der Waals surface area contributed by atoms with Crippen LogP contribution in [0, 0.1) is 6.92 Å². The lowest BCUT2D eigenvalue weighted by Gasteiger charge is -2.05. The minimum atomic E-state index is -0.259. The smallest absolute Gasteiger partial charge is 0.218 e. The second kappa shape index (κ2) is 4.91. The number of benzene rings is 1. The molecule has 0 unspecified atom stereocenters. The number of nitrogen functional groups attached to an aromatic ring is 1. The largest absolute Gasteiger partial charge is 0.399 e. The van der Waals surface area contributed by atoms with Crippen LogP contribution < -0.4 is 11.5 Å². The molecular weight excluding hydrogens is 196 g/mol. The molecule has 0 bridgehead atoms. The van der Waals surface area contributed by atoms with Crippen molar-refractivity contribution in [2.75, 3.05) is 11.5 Å². The molecule has 0 saturated carbocycles. The third-order valence-electron chi connectivity index (χ3n) is 1.81. The van der Waals surface area contributed by atoms with Crippen LogP contribution in [0.4, 0.5) is 5.69 Å². The lowest BCUT2D eigenvalue weighted by Crippen LogP contribution is -2.10. The van der Waals surface area contributed by atoms with Gasteiger partial charge in [-0.2, -0.15) is 0 Å². The molecule has 0 aliphatic carbocycles. The van der Waals surface area contributed by atoms with Gasteiger partial charge in [0.15, 0.2) is 0 Å². The predicted octanol–water partition coefficient (Wildman–Crippen LogP) is 1.54. The molecule has 0 aromatic heterocycles. The molecule has 0 spiro atoms. The van der Waals surface area contributed by atoms with E-state index in [2.05, 4.69) is 0 Å². The molecular formula is C10H14N2OS. The molecule has 4 heteroatoms. The van der Waals surface area contributed by atoms with Gasteiger partial charge >= 0.3 is 0 Å². The van der Waals surface area contributed by atoms with E-state index in [1.807, 2.05) is 25.1 Å². The first-order valence-corrected chi connectivity index (χ1v) is 5.35. The van der Waals surface area contributed by atoms with Gasteiger partial charge in [0.25, 0.3) is 0 Å². The number of hydrogen-bond acceptors (Lipinski definition) is 3. The quantitative estimate of drug-likeness (QED) is 0.585. The van der Waals surface area contributed by atoms with Crippen molar-refractivity contribution in [1.29, 1.82) is 0 Å². The Balaban J connectivity index is 2.55. The summed E-state index contributed by atoms with van der Waals surface area (Å²) in [5.41, 5.74) is 12.6. The zero-order valence-corrected chi connectivity index (χ0v) is 8.93. The van der Waals surface area contributed by atoms with Crippen LogP contribution >= 0.6 is 11.8 Å². The molecule has 1 aromatic rings. The second-order valence-electron chi connectivity index (χ2n) is 3.09. The highest BCUT2D eigenvalue weighted by molar-refractivity contribution is 7.99. The van der Waals surface area contributed by atoms with Crippen molar-refractivity contribution in [2.24, 2.45) is 5.73 Å². The molecule has 0 aliphatic rings. The average Bonchev–Trinajstić information content (AvgIpc) is 2.08. The van der Waals surface area contributed by atoms with Gasteiger partial charge in [0.2, 0.25) is 5.91 Å². The number of nitrogens with two attached hydrogens (primary N) is 2. The van der Waals surface area contributed by atoms with Crippen LogP contribution in [0.5, 0.6) is 0 Å². The number of amides is 1. The normalized spacial score (nSPS) is 10.1. The van der Waals surface area contributed by atoms with E-state index in [0.717, 1.165) is 21.9 Å². The highest BCUT2D eigenvalue weighted by Crippen LogP contribution is 2.24. The molecule has 0 heterocycles. The van der Waals surface area contributed by atoms with Gasteiger partial charge in [-0.05, 0) is 30.7 Å². The van der Waals surface area contributed by atoms with Gasteiger partial charge in [0.1, 0.15) is 0 Å². The Labute approximate surface area is 87.9 Å². The Morgan fingerprint density at radius 2 is 2.21 bits per heavy atom. The van der Waals surface area contributed by atoms with Gasteiger partial charge in [0.05, 0.1) is 0 Å². The van der Waals surface area contributed by atoms with E-state index in [4.69, 9.17) is 11.5 Å². The summed E-state index contributed by atoms with van der Waals surface area (Å²) < 4.78 is 0. The summed E-state index contributed by atoms with van der Waals surface area (Å²) in [6.45, 7) is 2.00. The van der Waals surface area contributed by atoms with Crippen LogP contribution in [0.25, 0.3) is 0 Å². The molecule has 3 nitrogen and oxygen atoms in total. The molecule has 4 N–H and O–H groups in total. The minimum absolute atomic E-state index is 0.259. The monoisotopic (exact) mass is 210 g/mol. The maximum Gasteiger partial charge on any atom is 0.218 e. The number of thioether (sulfide) groups is 1. The van der Waals surface area contributed by atoms with E-state index in [0.29, 0.717) is 6.42 Å². The molecule has 0 saturated heterocycles. The van der Waals surface area contributed by atoms with E-state index in [1.54, 1.807) is 11.8 Å². The van der Waals surface area contributed by atoms with Gasteiger partial charge in [-0.3, -0.25) is 4.79 Å². The van der Waals surface area contributed by atoms with Gasteiger partial charge in [-0.1, -0.05) is 0 Å². The lowest BCUT2D eigenvalue weighted by molar-refractivity contribution is -0.117. The highest BCUT2D eigenvalue weighted by atomic mass is 32.2. The van der Waals surface area contributed by atoms with Crippen LogP contribution in [0.15, 0.2) is 23.1 Å². The first-order valence-electron chi connectivity index (χ1n) is 4.37. The third-order valence-corrected chi connectivity index (χ3v) is 2.98. The molecule has 14 heavy (non-hydrogen) atoms. The number of primary amides is 1. The van der Waals surface area contributed by atoms with E-state index >= 15 is 0 Å². The number of hydrogen-bond donors (Lipinski definition) is 2. The van der Waals surface area contributed by atoms with E-state index in [9.17, 15) is 4.79 Å². The Bertz CT molecular complexity index is 339. The zero-order chi connectivity index (χ0) is 10.6. The Morgan fingerprint density at radius 3 is 2.79 bits per heavy atom. The fourth-order valence-corrected chi connectivity index (χ4v) is 2.07. The molecule has 76 valence electrons. The SMILES string of the molecule is Cc1cc(N)ccc1SCCC(N)=O. The molecule has 0 atom stereocenters. The summed E-state index contributed by atoms with van der Waals surface area (Å²) in [6.07, 6.45) is 0.411. The van der Waals surface area contributed by atoms with Crippen molar-refractivity contribution in [3.05, 3.63) is 23.8 Å². The number of carbonyl (C=O) groups excluding carboxylic acids is 1. The molecule has 0 aliphatic heterocycles. The van der Waals surface area contributed by atoms with Crippen LogP contribution in [0.1, 0.15) is 12.0 Å². The van der Waals surface area contributed by atoms with E-state index < -0.39 is 0 Å². The van der Waals surface area contributed by atoms with Crippen LogP contribution in [0.2, 0.25) is 0 Å². The van der Waals surface area contributed by atoms with Crippen molar-refractivity contribution in [2.45, 2.75) is 18.2 Å². The third kappa shape index (κ3) is 3.30. The first-order chi connectivity index (χ1) is 6.59. The number of rotatable bonds is 4. The van der Waals surface area contributed by atoms with E-state index in [-0.39, 0.29) is 5.91 Å². The Kier molecular flexibility index (Phi) is 3.83. The highest BCUT2D eigenvalue weighted by Gasteiger charge is 2.00. The standard InChI is InChI=1S/C10H14N2OS/c1-7-6-8(11)2-3-9(7)14-5-4-10(12)13/h2-3,6H,4-5,11H2,1H3,(H2,12,13). The van der Waals surface area contributed by atoms with Gasteiger partial charge in [0, 0.05) is 22.8 Å². The van der Waals surface area contributed by atoms with Gasteiger partial charge in [-0.15, -0.1) is 11.8 Å². The van der Waals surface area contributed by atoms with Crippen LogP contribution in [-0.2, 0) is 4.79 Å². The van der Waals surface area contributed by atoms with Crippen molar-refractivity contribution in [3.8, 4) is 0 Å². The predicted molar refractivity (Wildman–Crippen MR) is 60.1 cm³/mol. The number of anilines is 1. The Hall–Kier alpha value is -1.16. The van der Waals surface area contributed by atoms with Crippen molar-refractivity contribution < 1.29 is 4.79 Å². The summed E-state index contributed by atoms with van der Waals surface area (Å²) in [5, 5.41) is 0. The van der Waals surface area contributed by atoms with Crippen LogP contribution in [0.3, 0.4) is 0 Å². The fourth-order valence-electron chi connectivity index (χ4n) is 1.10. The number of carbonyl (C=O) groups is 1. The Morgan fingerprint density at radius 1 is 1.50 bits per heavy atom. The average molecular weight is 210 g/mol. The van der Waals surface area contributed by atoms with Gasteiger partial charge < -0.3 is 11.5 Å². The summed E-state index contributed by atoms with van der Waals surface area (Å²) in [6, 6.07) is 5.75. The zero-order valence-electron chi connectivity index (χ0n) is 8.12. The minimum Gasteiger partial charge on any atom is -0.399 e. The summed E-state index contributed by atoms with van der Waals surface area (Å²) >= 11 is 1.63. The molecule has 0 fully saturated rings. The van der Waals surface area contributed by atoms with Crippen molar-refractivity contribution in [3.63, 3.8) is 0 Å². The molecule has 1 rings (SSSR count). The topological polar surface area (TPSA) is 69.1 Å². The molecule has 0 radical (unpaired) electrons. The van der Waals surface area contributed by atoms with Gasteiger partial charge in [-0.25, -0.2) is 0 Å². The van der Waals surface area contributed by atoms with Crippen molar-refractivity contribution >= 4 is 23.4 Å². The van der Waals surface area contributed by atoms with E-state index in [1.165, 1.54) is 0 Å². The van der Waals surface area contributed by atoms with Crippen molar-refractivity contribution in [1.82, 2.24) is 0 Å². The summed E-state index contributed by atoms with van der Waals surface area (Å²) in [5.74, 6) is 0.464. The first kappa shape index (κ1) is 10.9. The maximum absolute atomic E-state index is 10.5. The lowest BCUT2D eigenvalue weighted by atomic mass is 10.2. The second-order valence-corrected chi connectivity index (χ2v) is 4.23. The summed E-state index contributed by atoms with van der Waals surface area (Å²) in [4.78, 5) is 11.7. The van der Waals surface area contributed by atoms with Crippen LogP contribution in [-0.4, -0.2) is 11.7 Å². The summed E-state index contributed by atoms with van der Waals surface area (Å²) in [7, 11) is 0. The molecule has 1 aromatic carbocycles. The molecule has 1 amide bonds. The number of aryl methyl sites for hydroxylation is 1. The maximum atomic E-state index is 10.5.